The van der Waals surface area contributed by atoms with E-state index in [9.17, 15) is 10.1 Å². The van der Waals surface area contributed by atoms with Crippen LogP contribution in [0.4, 0.5) is 5.69 Å². The molecule has 1 heterocycles. The highest BCUT2D eigenvalue weighted by Crippen LogP contribution is 2.22. The lowest BCUT2D eigenvalue weighted by atomic mass is 10.1. The zero-order valence-corrected chi connectivity index (χ0v) is 11.1. The smallest absolute Gasteiger partial charge is 0.269 e. The van der Waals surface area contributed by atoms with Crippen molar-refractivity contribution in [1.29, 1.82) is 5.26 Å². The maximum Gasteiger partial charge on any atom is 0.269 e. The molecule has 94 valence electrons. The molecule has 0 fully saturated rings. The van der Waals surface area contributed by atoms with Crippen molar-refractivity contribution in [3.8, 4) is 6.07 Å². The van der Waals surface area contributed by atoms with Crippen LogP contribution in [0.3, 0.4) is 0 Å². The summed E-state index contributed by atoms with van der Waals surface area (Å²) in [6.07, 6.45) is 1.58. The molecule has 0 saturated carbocycles. The average Bonchev–Trinajstić information content (AvgIpc) is 2.81. The van der Waals surface area contributed by atoms with Gasteiger partial charge in [0, 0.05) is 12.1 Å². The number of halogens is 1. The van der Waals surface area contributed by atoms with Crippen molar-refractivity contribution in [3.63, 3.8) is 0 Å². The number of non-ortho nitro benzene ring substituents is 1. The molecule has 2 rings (SSSR count). The maximum atomic E-state index is 10.6. The Balaban J connectivity index is 2.35. The highest BCUT2D eigenvalue weighted by Gasteiger charge is 2.07. The molecule has 6 heteroatoms. The van der Waals surface area contributed by atoms with Gasteiger partial charge in [0.05, 0.1) is 16.6 Å². The normalized spacial score (nSPS) is 11.1. The lowest BCUT2D eigenvalue weighted by Gasteiger charge is -1.98. The number of furan rings is 1. The second-order valence-electron chi connectivity index (χ2n) is 3.62. The van der Waals surface area contributed by atoms with E-state index in [0.717, 1.165) is 0 Å². The first-order chi connectivity index (χ1) is 9.10. The van der Waals surface area contributed by atoms with Crippen LogP contribution in [-0.2, 0) is 0 Å². The Morgan fingerprint density at radius 3 is 2.47 bits per heavy atom. The van der Waals surface area contributed by atoms with Crippen molar-refractivity contribution in [2.24, 2.45) is 0 Å². The second kappa shape index (κ2) is 5.50. The molecule has 0 spiro atoms. The topological polar surface area (TPSA) is 80.1 Å². The Hall–Kier alpha value is -2.39. The van der Waals surface area contributed by atoms with Crippen LogP contribution in [0, 0.1) is 21.4 Å². The summed E-state index contributed by atoms with van der Waals surface area (Å²) < 4.78 is 5.85. The predicted octanol–water partition coefficient (Wildman–Crippen LogP) is 4.01. The lowest BCUT2D eigenvalue weighted by molar-refractivity contribution is -0.384. The number of nitriles is 1. The summed E-state index contributed by atoms with van der Waals surface area (Å²) in [4.78, 5) is 10.1. The summed E-state index contributed by atoms with van der Waals surface area (Å²) in [5.41, 5.74) is 0.958. The van der Waals surface area contributed by atoms with E-state index < -0.39 is 4.92 Å². The van der Waals surface area contributed by atoms with Crippen molar-refractivity contribution >= 4 is 33.3 Å². The molecular formula is C13H7BrN2O3. The zero-order chi connectivity index (χ0) is 13.8. The molecule has 0 unspecified atom stereocenters. The lowest BCUT2D eigenvalue weighted by Crippen LogP contribution is -1.88. The first-order valence-electron chi connectivity index (χ1n) is 5.22. The van der Waals surface area contributed by atoms with Gasteiger partial charge in [-0.05, 0) is 51.8 Å². The summed E-state index contributed by atoms with van der Waals surface area (Å²) in [7, 11) is 0. The minimum Gasteiger partial charge on any atom is -0.450 e. The third-order valence-corrected chi connectivity index (χ3v) is 2.82. The van der Waals surface area contributed by atoms with E-state index in [4.69, 9.17) is 9.68 Å². The van der Waals surface area contributed by atoms with Crippen molar-refractivity contribution < 1.29 is 9.34 Å². The van der Waals surface area contributed by atoms with Crippen LogP contribution in [0.2, 0.25) is 0 Å². The average molecular weight is 319 g/mol. The molecule has 0 aliphatic carbocycles. The SMILES string of the molecule is N#C/C(=C\c1ccc(Br)o1)c1ccc([N+](=O)[O-])cc1. The van der Waals surface area contributed by atoms with Gasteiger partial charge < -0.3 is 4.42 Å². The highest BCUT2D eigenvalue weighted by molar-refractivity contribution is 9.10. The molecule has 0 aliphatic rings. The Bertz CT molecular complexity index is 681. The van der Waals surface area contributed by atoms with Crippen LogP contribution in [0.15, 0.2) is 45.5 Å². The molecule has 0 N–H and O–H groups in total. The summed E-state index contributed by atoms with van der Waals surface area (Å²) in [5, 5.41) is 19.7. The Kier molecular flexibility index (Phi) is 3.78. The zero-order valence-electron chi connectivity index (χ0n) is 9.54. The van der Waals surface area contributed by atoms with E-state index >= 15 is 0 Å². The molecule has 0 atom stereocenters. The molecular weight excluding hydrogens is 312 g/mol. The fourth-order valence-corrected chi connectivity index (χ4v) is 1.81. The summed E-state index contributed by atoms with van der Waals surface area (Å²) in [6, 6.07) is 11.3. The van der Waals surface area contributed by atoms with Gasteiger partial charge in [0.15, 0.2) is 4.67 Å². The Labute approximate surface area is 117 Å². The van der Waals surface area contributed by atoms with Gasteiger partial charge in [-0.1, -0.05) is 0 Å². The summed E-state index contributed by atoms with van der Waals surface area (Å²) in [5.74, 6) is 0.529. The number of allylic oxidation sites excluding steroid dienone is 1. The van der Waals surface area contributed by atoms with E-state index in [-0.39, 0.29) is 5.69 Å². The largest absolute Gasteiger partial charge is 0.450 e. The summed E-state index contributed by atoms with van der Waals surface area (Å²) in [6.45, 7) is 0. The highest BCUT2D eigenvalue weighted by atomic mass is 79.9. The van der Waals surface area contributed by atoms with E-state index in [1.165, 1.54) is 24.3 Å². The first-order valence-corrected chi connectivity index (χ1v) is 6.01. The molecule has 2 aromatic rings. The van der Waals surface area contributed by atoms with Gasteiger partial charge in [0.25, 0.3) is 5.69 Å². The van der Waals surface area contributed by atoms with Gasteiger partial charge in [-0.2, -0.15) is 5.26 Å². The molecule has 0 aliphatic heterocycles. The second-order valence-corrected chi connectivity index (χ2v) is 4.40. The molecule has 19 heavy (non-hydrogen) atoms. The Morgan fingerprint density at radius 1 is 1.32 bits per heavy atom. The molecule has 0 amide bonds. The standard InChI is InChI=1S/C13H7BrN2O3/c14-13-6-5-12(19-13)7-10(8-15)9-1-3-11(4-2-9)16(17)18/h1-7H/b10-7+. The predicted molar refractivity (Wildman–Crippen MR) is 73.0 cm³/mol. The van der Waals surface area contributed by atoms with Crippen molar-refractivity contribution in [1.82, 2.24) is 0 Å². The van der Waals surface area contributed by atoms with Gasteiger partial charge in [-0.15, -0.1) is 0 Å². The monoisotopic (exact) mass is 318 g/mol. The van der Waals surface area contributed by atoms with Crippen LogP contribution >= 0.6 is 15.9 Å². The van der Waals surface area contributed by atoms with Crippen LogP contribution in [0.25, 0.3) is 11.6 Å². The van der Waals surface area contributed by atoms with E-state index in [1.54, 1.807) is 18.2 Å². The molecule has 1 aromatic carbocycles. The number of hydrogen-bond donors (Lipinski definition) is 0. The van der Waals surface area contributed by atoms with E-state index in [1.807, 2.05) is 6.07 Å². The summed E-state index contributed by atoms with van der Waals surface area (Å²) >= 11 is 3.17. The Morgan fingerprint density at radius 2 is 2.00 bits per heavy atom. The van der Waals surface area contributed by atoms with Gasteiger partial charge in [-0.3, -0.25) is 10.1 Å². The van der Waals surface area contributed by atoms with Gasteiger partial charge in [-0.25, -0.2) is 0 Å². The minimum absolute atomic E-state index is 0.0122. The first kappa shape index (κ1) is 13.1. The van der Waals surface area contributed by atoms with Crippen molar-refractivity contribution in [2.75, 3.05) is 0 Å². The molecule has 5 nitrogen and oxygen atoms in total. The number of nitrogens with zero attached hydrogens (tertiary/aromatic N) is 2. The minimum atomic E-state index is -0.483. The fraction of sp³-hybridized carbons (Fsp3) is 0. The van der Waals surface area contributed by atoms with Gasteiger partial charge >= 0.3 is 0 Å². The quantitative estimate of drug-likeness (QED) is 0.486. The van der Waals surface area contributed by atoms with Crippen LogP contribution in [0.1, 0.15) is 11.3 Å². The molecule has 0 radical (unpaired) electrons. The van der Waals surface area contributed by atoms with Crippen LogP contribution < -0.4 is 0 Å². The molecule has 0 saturated heterocycles. The van der Waals surface area contributed by atoms with Gasteiger partial charge in [0.2, 0.25) is 0 Å². The number of benzene rings is 1. The number of rotatable bonds is 3. The third kappa shape index (κ3) is 3.09. The number of hydrogen-bond acceptors (Lipinski definition) is 4. The van der Waals surface area contributed by atoms with Crippen LogP contribution in [0.5, 0.6) is 0 Å². The maximum absolute atomic E-state index is 10.6. The van der Waals surface area contributed by atoms with Crippen LogP contribution in [-0.4, -0.2) is 4.92 Å². The van der Waals surface area contributed by atoms with E-state index in [0.29, 0.717) is 21.6 Å². The van der Waals surface area contributed by atoms with Gasteiger partial charge in [0.1, 0.15) is 5.76 Å². The van der Waals surface area contributed by atoms with E-state index in [2.05, 4.69) is 15.9 Å². The number of nitro groups is 1. The third-order valence-electron chi connectivity index (χ3n) is 2.39. The number of nitro benzene ring substituents is 1. The van der Waals surface area contributed by atoms with Crippen molar-refractivity contribution in [2.45, 2.75) is 0 Å². The fourth-order valence-electron chi connectivity index (χ4n) is 1.49. The molecule has 1 aromatic heterocycles. The molecule has 0 bridgehead atoms. The van der Waals surface area contributed by atoms with Crippen molar-refractivity contribution in [3.05, 3.63) is 62.5 Å².